The normalized spacial score (nSPS) is 21.6. The van der Waals surface area contributed by atoms with Gasteiger partial charge in [0.1, 0.15) is 5.75 Å². The highest BCUT2D eigenvalue weighted by molar-refractivity contribution is 5.81. The molecule has 3 rings (SSSR count). The van der Waals surface area contributed by atoms with Crippen molar-refractivity contribution >= 4 is 5.91 Å². The van der Waals surface area contributed by atoms with Crippen molar-refractivity contribution < 1.29 is 9.90 Å². The van der Waals surface area contributed by atoms with Crippen LogP contribution in [0, 0.1) is 0 Å². The van der Waals surface area contributed by atoms with Gasteiger partial charge in [-0.15, -0.1) is 0 Å². The van der Waals surface area contributed by atoms with Crippen molar-refractivity contribution in [3.05, 3.63) is 29.8 Å². The van der Waals surface area contributed by atoms with E-state index in [-0.39, 0.29) is 11.9 Å². The van der Waals surface area contributed by atoms with Crippen LogP contribution < -0.4 is 0 Å². The third-order valence-corrected chi connectivity index (χ3v) is 5.30. The number of piperazine rings is 1. The molecule has 1 unspecified atom stereocenters. The first-order valence-corrected chi connectivity index (χ1v) is 9.16. The highest BCUT2D eigenvalue weighted by Crippen LogP contribution is 2.17. The Hall–Kier alpha value is -1.59. The van der Waals surface area contributed by atoms with Crippen LogP contribution in [0.2, 0.25) is 0 Å². The van der Waals surface area contributed by atoms with E-state index in [2.05, 4.69) is 16.7 Å². The third-order valence-electron chi connectivity index (χ3n) is 5.30. The van der Waals surface area contributed by atoms with Gasteiger partial charge in [0.05, 0.1) is 6.04 Å². The number of hydrogen-bond acceptors (Lipinski definition) is 4. The Morgan fingerprint density at radius 2 is 1.79 bits per heavy atom. The predicted octanol–water partition coefficient (Wildman–Crippen LogP) is 1.91. The molecule has 0 radical (unpaired) electrons. The van der Waals surface area contributed by atoms with Gasteiger partial charge in [-0.1, -0.05) is 18.6 Å². The first-order valence-electron chi connectivity index (χ1n) is 9.16. The lowest BCUT2D eigenvalue weighted by atomic mass is 10.1. The Bertz CT molecular complexity index is 549. The maximum atomic E-state index is 12.7. The first-order chi connectivity index (χ1) is 11.6. The molecule has 1 N–H and O–H groups in total. The second-order valence-corrected chi connectivity index (χ2v) is 7.04. The number of likely N-dealkylation sites (tertiary alicyclic amines) is 1. The van der Waals surface area contributed by atoms with E-state index >= 15 is 0 Å². The summed E-state index contributed by atoms with van der Waals surface area (Å²) in [5, 5.41) is 9.57. The molecule has 2 fully saturated rings. The fourth-order valence-corrected chi connectivity index (χ4v) is 3.77. The van der Waals surface area contributed by atoms with Gasteiger partial charge >= 0.3 is 0 Å². The molecule has 2 heterocycles. The maximum Gasteiger partial charge on any atom is 0.239 e. The van der Waals surface area contributed by atoms with Crippen molar-refractivity contribution in [2.24, 2.45) is 0 Å². The molecule has 2 aliphatic rings. The van der Waals surface area contributed by atoms with E-state index in [1.54, 1.807) is 6.07 Å². The van der Waals surface area contributed by atoms with Crippen LogP contribution >= 0.6 is 0 Å². The van der Waals surface area contributed by atoms with Crippen LogP contribution in [-0.4, -0.2) is 71.0 Å². The van der Waals surface area contributed by atoms with Crippen LogP contribution in [0.5, 0.6) is 5.75 Å². The fraction of sp³-hybridized carbons (Fsp3) is 0.632. The van der Waals surface area contributed by atoms with Gasteiger partial charge in [-0.05, 0) is 50.6 Å². The summed E-state index contributed by atoms with van der Waals surface area (Å²) in [5.74, 6) is 0.602. The number of phenolic OH excluding ortho intramolecular Hbond substituents is 1. The Morgan fingerprint density at radius 3 is 2.46 bits per heavy atom. The van der Waals surface area contributed by atoms with Crippen LogP contribution in [0.15, 0.2) is 24.3 Å². The summed E-state index contributed by atoms with van der Waals surface area (Å²) >= 11 is 0. The van der Waals surface area contributed by atoms with Crippen molar-refractivity contribution in [1.29, 1.82) is 0 Å². The molecule has 1 atom stereocenters. The number of carbonyl (C=O) groups excluding carboxylic acids is 1. The van der Waals surface area contributed by atoms with Crippen LogP contribution in [0.25, 0.3) is 0 Å². The minimum Gasteiger partial charge on any atom is -0.508 e. The molecule has 5 nitrogen and oxygen atoms in total. The summed E-state index contributed by atoms with van der Waals surface area (Å²) in [6.45, 7) is 8.41. The molecule has 132 valence electrons. The predicted molar refractivity (Wildman–Crippen MR) is 94.8 cm³/mol. The van der Waals surface area contributed by atoms with E-state index in [1.807, 2.05) is 23.1 Å². The summed E-state index contributed by atoms with van der Waals surface area (Å²) in [7, 11) is 0. The summed E-state index contributed by atoms with van der Waals surface area (Å²) in [6.07, 6.45) is 3.73. The molecule has 24 heavy (non-hydrogen) atoms. The zero-order valence-corrected chi connectivity index (χ0v) is 14.7. The van der Waals surface area contributed by atoms with Gasteiger partial charge in [0.2, 0.25) is 5.91 Å². The van der Waals surface area contributed by atoms with Crippen molar-refractivity contribution in [3.8, 4) is 5.75 Å². The minimum absolute atomic E-state index is 0.0166. The molecule has 0 saturated carbocycles. The summed E-state index contributed by atoms with van der Waals surface area (Å²) in [4.78, 5) is 19.5. The molecular formula is C19H29N3O2. The highest BCUT2D eigenvalue weighted by atomic mass is 16.3. The largest absolute Gasteiger partial charge is 0.508 e. The molecule has 0 aliphatic carbocycles. The van der Waals surface area contributed by atoms with E-state index in [1.165, 1.54) is 19.3 Å². The van der Waals surface area contributed by atoms with E-state index in [9.17, 15) is 9.90 Å². The molecule has 2 aliphatic heterocycles. The third kappa shape index (κ3) is 4.28. The van der Waals surface area contributed by atoms with Crippen LogP contribution in [0.4, 0.5) is 0 Å². The van der Waals surface area contributed by atoms with Gasteiger partial charge < -0.3 is 10.0 Å². The van der Waals surface area contributed by atoms with Gasteiger partial charge in [0, 0.05) is 32.7 Å². The lowest BCUT2D eigenvalue weighted by molar-refractivity contribution is -0.138. The molecule has 1 aromatic rings. The molecular weight excluding hydrogens is 302 g/mol. The number of hydrogen-bond donors (Lipinski definition) is 1. The molecule has 1 aromatic carbocycles. The van der Waals surface area contributed by atoms with E-state index < -0.39 is 0 Å². The Kier molecular flexibility index (Phi) is 5.74. The highest BCUT2D eigenvalue weighted by Gasteiger charge is 2.29. The minimum atomic E-state index is 0.0166. The quantitative estimate of drug-likeness (QED) is 0.916. The number of aromatic hydroxyl groups is 1. The number of rotatable bonds is 4. The summed E-state index contributed by atoms with van der Waals surface area (Å²) < 4.78 is 0. The van der Waals surface area contributed by atoms with Gasteiger partial charge in [0.15, 0.2) is 0 Å². The SMILES string of the molecule is CC(C(=O)N1CCN(Cc2cccc(O)c2)CC1)N1CCCCC1. The number of piperidine rings is 1. The Labute approximate surface area is 144 Å². The smallest absolute Gasteiger partial charge is 0.239 e. The van der Waals surface area contributed by atoms with Gasteiger partial charge in [-0.2, -0.15) is 0 Å². The number of benzene rings is 1. The van der Waals surface area contributed by atoms with Crippen molar-refractivity contribution in [2.45, 2.75) is 38.8 Å². The first kappa shape index (κ1) is 17.2. The molecule has 2 saturated heterocycles. The fourth-order valence-electron chi connectivity index (χ4n) is 3.77. The lowest BCUT2D eigenvalue weighted by Crippen LogP contribution is -2.54. The topological polar surface area (TPSA) is 47.0 Å². The number of amides is 1. The molecule has 0 aromatic heterocycles. The summed E-state index contributed by atoms with van der Waals surface area (Å²) in [5.41, 5.74) is 1.12. The van der Waals surface area contributed by atoms with Crippen molar-refractivity contribution in [3.63, 3.8) is 0 Å². The lowest BCUT2D eigenvalue weighted by Gasteiger charge is -2.39. The Morgan fingerprint density at radius 1 is 1.08 bits per heavy atom. The van der Waals surface area contributed by atoms with Crippen LogP contribution in [0.3, 0.4) is 0 Å². The molecule has 0 bridgehead atoms. The number of nitrogens with zero attached hydrogens (tertiary/aromatic N) is 3. The molecule has 1 amide bonds. The maximum absolute atomic E-state index is 12.7. The second-order valence-electron chi connectivity index (χ2n) is 7.04. The van der Waals surface area contributed by atoms with Crippen molar-refractivity contribution in [2.75, 3.05) is 39.3 Å². The van der Waals surface area contributed by atoms with Crippen LogP contribution in [-0.2, 0) is 11.3 Å². The molecule has 0 spiro atoms. The average Bonchev–Trinajstić information content (AvgIpc) is 2.62. The zero-order chi connectivity index (χ0) is 16.9. The molecule has 5 heteroatoms. The van der Waals surface area contributed by atoms with Gasteiger partial charge in [-0.3, -0.25) is 14.6 Å². The zero-order valence-electron chi connectivity index (χ0n) is 14.7. The Balaban J connectivity index is 1.48. The van der Waals surface area contributed by atoms with E-state index in [0.29, 0.717) is 5.75 Å². The monoisotopic (exact) mass is 331 g/mol. The van der Waals surface area contributed by atoms with Gasteiger partial charge in [-0.25, -0.2) is 0 Å². The summed E-state index contributed by atoms with van der Waals surface area (Å²) in [6, 6.07) is 7.45. The van der Waals surface area contributed by atoms with Crippen molar-refractivity contribution in [1.82, 2.24) is 14.7 Å². The van der Waals surface area contributed by atoms with Gasteiger partial charge in [0.25, 0.3) is 0 Å². The van der Waals surface area contributed by atoms with E-state index in [0.717, 1.165) is 51.4 Å². The average molecular weight is 331 g/mol. The standard InChI is InChI=1S/C19H29N3O2/c1-16(21-8-3-2-4-9-21)19(24)22-12-10-20(11-13-22)15-17-6-5-7-18(23)14-17/h5-7,14,16,23H,2-4,8-13,15H2,1H3. The number of phenols is 1. The van der Waals surface area contributed by atoms with Crippen LogP contribution in [0.1, 0.15) is 31.7 Å². The number of carbonyl (C=O) groups is 1. The van der Waals surface area contributed by atoms with E-state index in [4.69, 9.17) is 0 Å². The second kappa shape index (κ2) is 7.99.